The lowest BCUT2D eigenvalue weighted by Gasteiger charge is -2.09. The first-order valence-electron chi connectivity index (χ1n) is 6.76. The largest absolute Gasteiger partial charge is 0.456 e. The molecule has 1 heterocycles. The van der Waals surface area contributed by atoms with Crippen LogP contribution in [0.3, 0.4) is 0 Å². The molecule has 1 aliphatic heterocycles. The molecule has 0 aromatic heterocycles. The Morgan fingerprint density at radius 2 is 2.05 bits per heavy atom. The van der Waals surface area contributed by atoms with Crippen LogP contribution >= 0.6 is 15.9 Å². The highest BCUT2D eigenvalue weighted by Crippen LogP contribution is 2.22. The number of hydrogen-bond donors (Lipinski definition) is 1. The van der Waals surface area contributed by atoms with Gasteiger partial charge in [-0.05, 0) is 40.4 Å². The van der Waals surface area contributed by atoms with E-state index in [1.807, 2.05) is 6.07 Å². The van der Waals surface area contributed by atoms with Crippen molar-refractivity contribution in [1.82, 2.24) is 0 Å². The number of carbonyl (C=O) groups is 2. The van der Waals surface area contributed by atoms with E-state index in [9.17, 15) is 18.0 Å². The summed E-state index contributed by atoms with van der Waals surface area (Å²) < 4.78 is 28.2. The molecule has 0 bridgehead atoms. The quantitative estimate of drug-likeness (QED) is 0.774. The molecule has 1 aromatic carbocycles. The molecule has 1 N–H and O–H groups in total. The third-order valence-electron chi connectivity index (χ3n) is 3.29. The van der Waals surface area contributed by atoms with Gasteiger partial charge in [0.25, 0.3) is 5.91 Å². The van der Waals surface area contributed by atoms with E-state index in [1.165, 1.54) is 0 Å². The van der Waals surface area contributed by atoms with E-state index >= 15 is 0 Å². The fourth-order valence-electron chi connectivity index (χ4n) is 2.22. The van der Waals surface area contributed by atoms with E-state index in [-0.39, 0.29) is 30.5 Å². The predicted molar refractivity (Wildman–Crippen MR) is 85.1 cm³/mol. The Bertz CT molecular complexity index is 674. The summed E-state index contributed by atoms with van der Waals surface area (Å²) in [5, 5.41) is 2.61. The topological polar surface area (TPSA) is 89.5 Å². The van der Waals surface area contributed by atoms with Crippen molar-refractivity contribution in [3.05, 3.63) is 28.7 Å². The minimum atomic E-state index is -3.01. The summed E-state index contributed by atoms with van der Waals surface area (Å²) in [5.41, 5.74) is 0.588. The first-order valence-corrected chi connectivity index (χ1v) is 9.37. The van der Waals surface area contributed by atoms with Crippen LogP contribution in [-0.2, 0) is 24.2 Å². The van der Waals surface area contributed by atoms with Crippen LogP contribution in [0.1, 0.15) is 12.8 Å². The zero-order chi connectivity index (χ0) is 16.2. The van der Waals surface area contributed by atoms with E-state index in [0.717, 1.165) is 4.47 Å². The van der Waals surface area contributed by atoms with Crippen LogP contribution in [0.5, 0.6) is 0 Å². The number of sulfone groups is 1. The lowest BCUT2D eigenvalue weighted by Crippen LogP contribution is -2.22. The van der Waals surface area contributed by atoms with Gasteiger partial charge in [0, 0.05) is 10.9 Å². The second kappa shape index (κ2) is 7.23. The fraction of sp³-hybridized carbons (Fsp3) is 0.429. The number of ether oxygens (including phenoxy) is 1. The number of benzene rings is 1. The van der Waals surface area contributed by atoms with Crippen LogP contribution in [0, 0.1) is 5.92 Å². The Hall–Kier alpha value is -1.41. The summed E-state index contributed by atoms with van der Waals surface area (Å²) >= 11 is 3.29. The van der Waals surface area contributed by atoms with Gasteiger partial charge in [0.1, 0.15) is 0 Å². The number of anilines is 1. The third kappa shape index (κ3) is 5.10. The van der Waals surface area contributed by atoms with Gasteiger partial charge in [0.2, 0.25) is 0 Å². The lowest BCUT2D eigenvalue weighted by molar-refractivity contribution is -0.148. The standard InChI is InChI=1S/C14H16BrNO5S/c15-11-3-1-2-4-12(11)16-13(17)8-21-14(18)7-10-5-6-22(19,20)9-10/h1-4,10H,5-9H2,(H,16,17)/t10-/m1/s1. The molecule has 0 spiro atoms. The van der Waals surface area contributed by atoms with Crippen LogP contribution in [0.25, 0.3) is 0 Å². The highest BCUT2D eigenvalue weighted by atomic mass is 79.9. The summed E-state index contributed by atoms with van der Waals surface area (Å²) in [6, 6.07) is 7.08. The zero-order valence-corrected chi connectivity index (χ0v) is 14.2. The highest BCUT2D eigenvalue weighted by Gasteiger charge is 2.29. The molecule has 1 saturated heterocycles. The first-order chi connectivity index (χ1) is 10.4. The van der Waals surface area contributed by atoms with Crippen LogP contribution in [0.15, 0.2) is 28.7 Å². The van der Waals surface area contributed by atoms with Gasteiger partial charge in [-0.1, -0.05) is 12.1 Å². The van der Waals surface area contributed by atoms with E-state index in [4.69, 9.17) is 4.74 Å². The van der Waals surface area contributed by atoms with Gasteiger partial charge in [-0.25, -0.2) is 8.42 Å². The average Bonchev–Trinajstić information content (AvgIpc) is 2.78. The highest BCUT2D eigenvalue weighted by molar-refractivity contribution is 9.10. The van der Waals surface area contributed by atoms with Crippen molar-refractivity contribution in [3.63, 3.8) is 0 Å². The smallest absolute Gasteiger partial charge is 0.306 e. The third-order valence-corrected chi connectivity index (χ3v) is 5.82. The Morgan fingerprint density at radius 3 is 2.68 bits per heavy atom. The molecule has 1 fully saturated rings. The van der Waals surface area contributed by atoms with Crippen molar-refractivity contribution < 1.29 is 22.7 Å². The van der Waals surface area contributed by atoms with Crippen LogP contribution in [0.4, 0.5) is 5.69 Å². The van der Waals surface area contributed by atoms with Crippen molar-refractivity contribution in [3.8, 4) is 0 Å². The zero-order valence-electron chi connectivity index (χ0n) is 11.7. The number of esters is 1. The van der Waals surface area contributed by atoms with Gasteiger partial charge in [0.15, 0.2) is 16.4 Å². The average molecular weight is 390 g/mol. The van der Waals surface area contributed by atoms with Crippen molar-refractivity contribution in [2.45, 2.75) is 12.8 Å². The Kier molecular flexibility index (Phi) is 5.57. The van der Waals surface area contributed by atoms with E-state index in [0.29, 0.717) is 12.1 Å². The molecule has 0 unspecified atom stereocenters. The number of hydrogen-bond acceptors (Lipinski definition) is 5. The van der Waals surface area contributed by atoms with Crippen molar-refractivity contribution in [2.75, 3.05) is 23.4 Å². The van der Waals surface area contributed by atoms with Gasteiger partial charge >= 0.3 is 5.97 Å². The van der Waals surface area contributed by atoms with Crippen molar-refractivity contribution in [2.24, 2.45) is 5.92 Å². The molecule has 0 aliphatic carbocycles. The van der Waals surface area contributed by atoms with Crippen LogP contribution in [0.2, 0.25) is 0 Å². The maximum Gasteiger partial charge on any atom is 0.306 e. The van der Waals surface area contributed by atoms with E-state index < -0.39 is 21.7 Å². The maximum absolute atomic E-state index is 11.7. The minimum Gasteiger partial charge on any atom is -0.456 e. The molecular formula is C14H16BrNO5S. The molecule has 1 amide bonds. The van der Waals surface area contributed by atoms with Gasteiger partial charge < -0.3 is 10.1 Å². The second-order valence-electron chi connectivity index (χ2n) is 5.16. The molecule has 1 aliphatic rings. The Morgan fingerprint density at radius 1 is 1.32 bits per heavy atom. The molecule has 2 rings (SSSR count). The second-order valence-corrected chi connectivity index (χ2v) is 8.24. The van der Waals surface area contributed by atoms with Gasteiger partial charge in [-0.3, -0.25) is 9.59 Å². The van der Waals surface area contributed by atoms with E-state index in [1.54, 1.807) is 18.2 Å². The summed E-state index contributed by atoms with van der Waals surface area (Å²) in [6.45, 7) is -0.389. The monoisotopic (exact) mass is 389 g/mol. The Balaban J connectivity index is 1.74. The SMILES string of the molecule is O=C(COC(=O)C[C@H]1CCS(=O)(=O)C1)Nc1ccccc1Br. The van der Waals surface area contributed by atoms with Crippen molar-refractivity contribution >= 4 is 43.3 Å². The predicted octanol–water partition coefficient (Wildman–Crippen LogP) is 1.76. The maximum atomic E-state index is 11.7. The molecule has 0 saturated carbocycles. The minimum absolute atomic E-state index is 0.0191. The molecule has 22 heavy (non-hydrogen) atoms. The molecule has 1 atom stereocenters. The molecule has 1 aromatic rings. The summed E-state index contributed by atoms with van der Waals surface area (Å²) in [5.74, 6) is -1.06. The number of rotatable bonds is 5. The van der Waals surface area contributed by atoms with Crippen LogP contribution < -0.4 is 5.32 Å². The van der Waals surface area contributed by atoms with Crippen molar-refractivity contribution in [1.29, 1.82) is 0 Å². The lowest BCUT2D eigenvalue weighted by atomic mass is 10.1. The first kappa shape index (κ1) is 17.0. The van der Waals surface area contributed by atoms with Gasteiger partial charge in [-0.15, -0.1) is 0 Å². The molecule has 0 radical (unpaired) electrons. The van der Waals surface area contributed by atoms with Crippen LogP contribution in [-0.4, -0.2) is 38.4 Å². The molecule has 120 valence electrons. The number of nitrogens with one attached hydrogen (secondary N) is 1. The number of para-hydroxylation sites is 1. The number of amides is 1. The number of halogens is 1. The fourth-order valence-corrected chi connectivity index (χ4v) is 4.47. The molecule has 6 nitrogen and oxygen atoms in total. The molecular weight excluding hydrogens is 374 g/mol. The molecule has 8 heteroatoms. The van der Waals surface area contributed by atoms with Gasteiger partial charge in [-0.2, -0.15) is 0 Å². The summed E-state index contributed by atoms with van der Waals surface area (Å²) in [6.07, 6.45) is 0.502. The summed E-state index contributed by atoms with van der Waals surface area (Å²) in [7, 11) is -3.01. The van der Waals surface area contributed by atoms with Gasteiger partial charge in [0.05, 0.1) is 17.2 Å². The van der Waals surface area contributed by atoms with E-state index in [2.05, 4.69) is 21.2 Å². The number of carbonyl (C=O) groups excluding carboxylic acids is 2. The summed E-state index contributed by atoms with van der Waals surface area (Å²) in [4.78, 5) is 23.3. The normalized spacial score (nSPS) is 19.6. The Labute approximate surface area is 137 Å².